The average Bonchev–Trinajstić information content (AvgIpc) is 3.46. The van der Waals surface area contributed by atoms with Crippen LogP contribution < -0.4 is 15.4 Å². The van der Waals surface area contributed by atoms with Gasteiger partial charge in [0.1, 0.15) is 5.75 Å². The number of amides is 1. The molecule has 2 N–H and O–H groups in total. The Kier molecular flexibility index (Phi) is 6.29. The van der Waals surface area contributed by atoms with Gasteiger partial charge in [0.25, 0.3) is 0 Å². The third kappa shape index (κ3) is 4.86. The van der Waals surface area contributed by atoms with E-state index in [2.05, 4.69) is 27.8 Å². The maximum Gasteiger partial charge on any atom is 0.233 e. The van der Waals surface area contributed by atoms with Crippen LogP contribution in [0.1, 0.15) is 39.5 Å². The van der Waals surface area contributed by atoms with E-state index in [1.165, 1.54) is 48.8 Å². The summed E-state index contributed by atoms with van der Waals surface area (Å²) in [5, 5.41) is 15.4. The molecule has 0 saturated heterocycles. The van der Waals surface area contributed by atoms with Crippen LogP contribution in [0.25, 0.3) is 0 Å². The van der Waals surface area contributed by atoms with E-state index in [1.54, 1.807) is 7.11 Å². The van der Waals surface area contributed by atoms with Crippen LogP contribution >= 0.6 is 23.1 Å². The number of hydrogen-bond donors (Lipinski definition) is 2. The Morgan fingerprint density at radius 2 is 2.00 bits per heavy atom. The Labute approximate surface area is 180 Å². The van der Waals surface area contributed by atoms with Crippen LogP contribution in [-0.4, -0.2) is 34.5 Å². The van der Waals surface area contributed by atoms with Gasteiger partial charge in [0.15, 0.2) is 4.34 Å². The summed E-state index contributed by atoms with van der Waals surface area (Å²) >= 11 is 2.92. The molecule has 1 amide bonds. The van der Waals surface area contributed by atoms with Crippen molar-refractivity contribution < 1.29 is 9.53 Å². The lowest BCUT2D eigenvalue weighted by Crippen LogP contribution is -2.43. The van der Waals surface area contributed by atoms with Gasteiger partial charge in [-0.3, -0.25) is 4.79 Å². The molecule has 6 nitrogen and oxygen atoms in total. The molecule has 2 aliphatic carbocycles. The number of aromatic nitrogens is 2. The molecule has 2 fully saturated rings. The third-order valence-electron chi connectivity index (χ3n) is 6.20. The van der Waals surface area contributed by atoms with Crippen LogP contribution in [0.5, 0.6) is 5.75 Å². The topological polar surface area (TPSA) is 76.1 Å². The Bertz CT molecular complexity index is 841. The molecule has 2 bridgehead atoms. The van der Waals surface area contributed by atoms with Crippen LogP contribution in [0.4, 0.5) is 10.8 Å². The molecule has 0 aliphatic heterocycles. The molecule has 1 aromatic heterocycles. The number of anilines is 2. The zero-order chi connectivity index (χ0) is 20.4. The zero-order valence-electron chi connectivity index (χ0n) is 17.1. The summed E-state index contributed by atoms with van der Waals surface area (Å²) in [5.41, 5.74) is 0.920. The second-order valence-electron chi connectivity index (χ2n) is 8.12. The van der Waals surface area contributed by atoms with E-state index in [-0.39, 0.29) is 17.2 Å². The molecule has 156 valence electrons. The quantitative estimate of drug-likeness (QED) is 0.588. The number of benzene rings is 1. The highest BCUT2D eigenvalue weighted by Crippen LogP contribution is 2.49. The molecule has 1 aromatic carbocycles. The number of thioether (sulfide) groups is 1. The monoisotopic (exact) mass is 432 g/mol. The summed E-state index contributed by atoms with van der Waals surface area (Å²) in [4.78, 5) is 12.7. The van der Waals surface area contributed by atoms with E-state index in [0.717, 1.165) is 27.6 Å². The van der Waals surface area contributed by atoms with Gasteiger partial charge in [-0.2, -0.15) is 0 Å². The molecule has 0 spiro atoms. The summed E-state index contributed by atoms with van der Waals surface area (Å²) in [6.07, 6.45) is 5.38. The first-order valence-electron chi connectivity index (χ1n) is 10.2. The maximum absolute atomic E-state index is 12.7. The van der Waals surface area contributed by atoms with E-state index in [9.17, 15) is 4.79 Å². The fourth-order valence-electron chi connectivity index (χ4n) is 4.67. The molecule has 5 unspecified atom stereocenters. The van der Waals surface area contributed by atoms with Gasteiger partial charge >= 0.3 is 0 Å². The van der Waals surface area contributed by atoms with Crippen molar-refractivity contribution in [2.75, 3.05) is 12.4 Å². The first kappa shape index (κ1) is 20.5. The zero-order valence-corrected chi connectivity index (χ0v) is 18.7. The lowest BCUT2D eigenvalue weighted by atomic mass is 9.84. The fourth-order valence-corrected chi connectivity index (χ4v) is 6.59. The molecular weight excluding hydrogens is 404 g/mol. The van der Waals surface area contributed by atoms with Crippen molar-refractivity contribution in [2.24, 2.45) is 17.8 Å². The van der Waals surface area contributed by atoms with Crippen LogP contribution in [0.15, 0.2) is 28.6 Å². The number of rotatable bonds is 8. The molecule has 2 saturated carbocycles. The van der Waals surface area contributed by atoms with Gasteiger partial charge in [0.05, 0.1) is 12.4 Å². The van der Waals surface area contributed by atoms with E-state index in [1.807, 2.05) is 31.2 Å². The number of nitrogens with one attached hydrogen (secondary N) is 2. The van der Waals surface area contributed by atoms with Crippen molar-refractivity contribution in [3.63, 3.8) is 0 Å². The van der Waals surface area contributed by atoms with Gasteiger partial charge in [-0.15, -0.1) is 10.2 Å². The largest absolute Gasteiger partial charge is 0.497 e. The molecule has 2 aliphatic rings. The Balaban J connectivity index is 1.27. The highest BCUT2D eigenvalue weighted by Gasteiger charge is 2.42. The van der Waals surface area contributed by atoms with Crippen LogP contribution in [0.2, 0.25) is 0 Å². The van der Waals surface area contributed by atoms with Crippen molar-refractivity contribution in [3.05, 3.63) is 24.3 Å². The predicted molar refractivity (Wildman–Crippen MR) is 118 cm³/mol. The minimum atomic E-state index is -0.196. The Morgan fingerprint density at radius 1 is 1.21 bits per heavy atom. The second kappa shape index (κ2) is 8.92. The number of nitrogens with zero attached hydrogens (tertiary/aromatic N) is 2. The number of carbonyl (C=O) groups is 1. The Hall–Kier alpha value is -1.80. The average molecular weight is 433 g/mol. The third-order valence-corrected chi connectivity index (χ3v) is 8.22. The molecule has 5 atom stereocenters. The summed E-state index contributed by atoms with van der Waals surface area (Å²) in [5.74, 6) is 3.26. The Morgan fingerprint density at radius 3 is 2.66 bits per heavy atom. The summed E-state index contributed by atoms with van der Waals surface area (Å²) in [6, 6.07) is 7.90. The SMILES string of the molecule is COc1ccc(Nc2nnc(SC(C)C(=O)NC(C)C3CC4CCC3C4)s2)cc1. The van der Waals surface area contributed by atoms with E-state index in [0.29, 0.717) is 11.0 Å². The highest BCUT2D eigenvalue weighted by atomic mass is 32.2. The van der Waals surface area contributed by atoms with E-state index < -0.39 is 0 Å². The van der Waals surface area contributed by atoms with Crippen LogP contribution in [-0.2, 0) is 4.79 Å². The van der Waals surface area contributed by atoms with Gasteiger partial charge in [0, 0.05) is 11.7 Å². The smallest absolute Gasteiger partial charge is 0.233 e. The molecule has 4 rings (SSSR count). The molecule has 8 heteroatoms. The summed E-state index contributed by atoms with van der Waals surface area (Å²) < 4.78 is 5.96. The number of methoxy groups -OCH3 is 1. The maximum atomic E-state index is 12.7. The second-order valence-corrected chi connectivity index (χ2v) is 10.7. The highest BCUT2D eigenvalue weighted by molar-refractivity contribution is 8.02. The lowest BCUT2D eigenvalue weighted by Gasteiger charge is -2.29. The number of fused-ring (bicyclic) bond motifs is 2. The number of ether oxygens (including phenoxy) is 1. The van der Waals surface area contributed by atoms with E-state index in [4.69, 9.17) is 4.74 Å². The van der Waals surface area contributed by atoms with Gasteiger partial charge < -0.3 is 15.4 Å². The fraction of sp³-hybridized carbons (Fsp3) is 0.571. The van der Waals surface area contributed by atoms with Crippen molar-refractivity contribution in [1.82, 2.24) is 15.5 Å². The minimum Gasteiger partial charge on any atom is -0.497 e. The molecule has 1 heterocycles. The van der Waals surface area contributed by atoms with Crippen molar-refractivity contribution in [3.8, 4) is 5.75 Å². The van der Waals surface area contributed by atoms with Crippen molar-refractivity contribution in [2.45, 2.75) is 55.2 Å². The molecule has 29 heavy (non-hydrogen) atoms. The number of carbonyl (C=O) groups excluding carboxylic acids is 1. The van der Waals surface area contributed by atoms with Gasteiger partial charge in [-0.25, -0.2) is 0 Å². The summed E-state index contributed by atoms with van der Waals surface area (Å²) in [6.45, 7) is 4.11. The van der Waals surface area contributed by atoms with Gasteiger partial charge in [-0.1, -0.05) is 29.5 Å². The molecule has 2 aromatic rings. The molecule has 0 radical (unpaired) electrons. The first-order chi connectivity index (χ1) is 14.0. The minimum absolute atomic E-state index is 0.0881. The van der Waals surface area contributed by atoms with Crippen molar-refractivity contribution >= 4 is 39.8 Å². The number of hydrogen-bond acceptors (Lipinski definition) is 7. The lowest BCUT2D eigenvalue weighted by molar-refractivity contribution is -0.121. The van der Waals surface area contributed by atoms with Gasteiger partial charge in [-0.05, 0) is 75.1 Å². The standard InChI is InChI=1S/C21H28N4O2S2/c1-12(18-11-14-4-5-15(18)10-14)22-19(26)13(2)28-21-25-24-20(29-21)23-16-6-8-17(27-3)9-7-16/h6-9,12-15,18H,4-5,10-11H2,1-3H3,(H,22,26)(H,23,24). The normalized spacial score (nSPS) is 24.9. The van der Waals surface area contributed by atoms with Crippen LogP contribution in [0, 0.1) is 17.8 Å². The molecular formula is C21H28N4O2S2. The van der Waals surface area contributed by atoms with Crippen LogP contribution in [0.3, 0.4) is 0 Å². The predicted octanol–water partition coefficient (Wildman–Crippen LogP) is 4.71. The van der Waals surface area contributed by atoms with E-state index >= 15 is 0 Å². The van der Waals surface area contributed by atoms with Crippen molar-refractivity contribution in [1.29, 1.82) is 0 Å². The summed E-state index contributed by atoms with van der Waals surface area (Å²) in [7, 11) is 1.65. The van der Waals surface area contributed by atoms with Gasteiger partial charge in [0.2, 0.25) is 11.0 Å². The first-order valence-corrected chi connectivity index (χ1v) is 11.9.